The van der Waals surface area contributed by atoms with Gasteiger partial charge in [0, 0.05) is 13.0 Å². The zero-order valence-corrected chi connectivity index (χ0v) is 15.2. The van der Waals surface area contributed by atoms with Gasteiger partial charge in [-0.1, -0.05) is 34.1 Å². The Labute approximate surface area is 144 Å². The van der Waals surface area contributed by atoms with E-state index in [9.17, 15) is 30.0 Å². The van der Waals surface area contributed by atoms with Gasteiger partial charge in [0.05, 0.1) is 0 Å². The molecule has 0 fully saturated rings. The average molecular weight is 347 g/mol. The highest BCUT2D eigenvalue weighted by atomic mass is 16.4. The molecular weight excluding hydrogens is 314 g/mol. The molecule has 142 valence electrons. The second-order valence-corrected chi connectivity index (χ2v) is 7.40. The third kappa shape index (κ3) is 8.73. The van der Waals surface area contributed by atoms with Gasteiger partial charge in [-0.2, -0.15) is 0 Å². The second kappa shape index (κ2) is 10.8. The van der Waals surface area contributed by atoms with Gasteiger partial charge in [0.1, 0.15) is 18.3 Å². The summed E-state index contributed by atoms with van der Waals surface area (Å²) in [5.74, 6) is -1.47. The predicted octanol–water partition coefficient (Wildman–Crippen LogP) is 0.132. The molecule has 0 heterocycles. The van der Waals surface area contributed by atoms with Crippen LogP contribution in [-0.4, -0.2) is 63.1 Å². The molecule has 0 saturated carbocycles. The van der Waals surface area contributed by atoms with Crippen LogP contribution in [0.25, 0.3) is 0 Å². The number of ketones is 1. The summed E-state index contributed by atoms with van der Waals surface area (Å²) in [6.45, 7) is 8.41. The number of aliphatic hydroxyl groups is 4. The first kappa shape index (κ1) is 23.0. The number of aliphatic hydroxyl groups excluding tert-OH is 4. The van der Waals surface area contributed by atoms with E-state index in [1.54, 1.807) is 0 Å². The Morgan fingerprint density at radius 2 is 1.50 bits per heavy atom. The Morgan fingerprint density at radius 1 is 0.958 bits per heavy atom. The van der Waals surface area contributed by atoms with Crippen LogP contribution < -0.4 is 5.32 Å². The normalized spacial score (nSPS) is 17.0. The van der Waals surface area contributed by atoms with Crippen LogP contribution in [0.3, 0.4) is 0 Å². The maximum atomic E-state index is 11.8. The summed E-state index contributed by atoms with van der Waals surface area (Å²) in [5, 5.41) is 41.6. The van der Waals surface area contributed by atoms with Crippen molar-refractivity contribution in [2.75, 3.05) is 6.54 Å². The van der Waals surface area contributed by atoms with Crippen LogP contribution in [0.5, 0.6) is 0 Å². The molecule has 0 spiro atoms. The summed E-state index contributed by atoms with van der Waals surface area (Å²) in [4.78, 5) is 23.4. The van der Waals surface area contributed by atoms with Gasteiger partial charge in [0.15, 0.2) is 11.9 Å². The molecule has 0 rings (SSSR count). The Kier molecular flexibility index (Phi) is 10.3. The molecule has 0 radical (unpaired) electrons. The SMILES string of the molecule is CCCCC(=O)[C@H](O)[C@@H](O)[C@@H](O)[C@H](O)C(=O)NCCCC(C)(C)C. The molecule has 7 heteroatoms. The highest BCUT2D eigenvalue weighted by Crippen LogP contribution is 2.19. The average Bonchev–Trinajstić information content (AvgIpc) is 2.52. The number of hydrogen-bond donors (Lipinski definition) is 5. The number of hydrogen-bond acceptors (Lipinski definition) is 6. The minimum Gasteiger partial charge on any atom is -0.387 e. The number of unbranched alkanes of at least 4 members (excludes halogenated alkanes) is 1. The third-order valence-electron chi connectivity index (χ3n) is 3.77. The number of nitrogens with one attached hydrogen (secondary N) is 1. The smallest absolute Gasteiger partial charge is 0.251 e. The van der Waals surface area contributed by atoms with Gasteiger partial charge in [-0.05, 0) is 24.7 Å². The van der Waals surface area contributed by atoms with Crippen LogP contribution in [0.4, 0.5) is 0 Å². The standard InChI is InChI=1S/C17H33NO6/c1-5-6-8-11(19)12(20)13(21)14(22)15(23)16(24)18-10-7-9-17(2,3)4/h12-15,20-23H,5-10H2,1-4H3,(H,18,24)/t12-,13+,14+,15-/m0/s1. The second-order valence-electron chi connectivity index (χ2n) is 7.40. The van der Waals surface area contributed by atoms with Gasteiger partial charge >= 0.3 is 0 Å². The predicted molar refractivity (Wildman–Crippen MR) is 90.3 cm³/mol. The van der Waals surface area contributed by atoms with Gasteiger partial charge in [-0.25, -0.2) is 0 Å². The molecule has 0 bridgehead atoms. The first-order valence-corrected chi connectivity index (χ1v) is 8.54. The van der Waals surface area contributed by atoms with Crippen molar-refractivity contribution in [2.24, 2.45) is 5.41 Å². The lowest BCUT2D eigenvalue weighted by Crippen LogP contribution is -2.52. The number of rotatable bonds is 11. The molecule has 7 nitrogen and oxygen atoms in total. The van der Waals surface area contributed by atoms with E-state index in [-0.39, 0.29) is 11.8 Å². The van der Waals surface area contributed by atoms with Crippen molar-refractivity contribution in [3.05, 3.63) is 0 Å². The number of Topliss-reactive ketones (excluding diaryl/α,β-unsaturated/α-hetero) is 1. The molecule has 0 aromatic carbocycles. The van der Waals surface area contributed by atoms with E-state index >= 15 is 0 Å². The molecule has 0 aromatic rings. The van der Waals surface area contributed by atoms with Gasteiger partial charge in [0.25, 0.3) is 5.91 Å². The Hall–Kier alpha value is -1.02. The first-order chi connectivity index (χ1) is 11.0. The Balaban J connectivity index is 4.38. The van der Waals surface area contributed by atoms with Crippen LogP contribution in [0.1, 0.15) is 59.8 Å². The Bertz CT molecular complexity index is 393. The van der Waals surface area contributed by atoms with Crippen LogP contribution in [0, 0.1) is 5.41 Å². The highest BCUT2D eigenvalue weighted by Gasteiger charge is 2.36. The number of carbonyl (C=O) groups is 2. The number of amides is 1. The molecule has 0 aliphatic rings. The first-order valence-electron chi connectivity index (χ1n) is 8.54. The van der Waals surface area contributed by atoms with Crippen molar-refractivity contribution >= 4 is 11.7 Å². The van der Waals surface area contributed by atoms with Gasteiger partial charge in [-0.3, -0.25) is 9.59 Å². The largest absolute Gasteiger partial charge is 0.387 e. The molecule has 4 atom stereocenters. The maximum Gasteiger partial charge on any atom is 0.251 e. The van der Waals surface area contributed by atoms with E-state index in [1.165, 1.54) is 0 Å². The van der Waals surface area contributed by atoms with Crippen molar-refractivity contribution in [1.29, 1.82) is 0 Å². The fourth-order valence-electron chi connectivity index (χ4n) is 2.15. The summed E-state index contributed by atoms with van der Waals surface area (Å²) in [7, 11) is 0. The van der Waals surface area contributed by atoms with Crippen LogP contribution in [0.2, 0.25) is 0 Å². The summed E-state index contributed by atoms with van der Waals surface area (Å²) >= 11 is 0. The van der Waals surface area contributed by atoms with Crippen molar-refractivity contribution in [1.82, 2.24) is 5.32 Å². The van der Waals surface area contributed by atoms with E-state index in [0.717, 1.165) is 12.8 Å². The van der Waals surface area contributed by atoms with Crippen molar-refractivity contribution < 1.29 is 30.0 Å². The summed E-state index contributed by atoms with van der Waals surface area (Å²) in [5.41, 5.74) is 0.127. The lowest BCUT2D eigenvalue weighted by Gasteiger charge is -2.25. The van der Waals surface area contributed by atoms with E-state index in [2.05, 4.69) is 26.1 Å². The van der Waals surface area contributed by atoms with Gasteiger partial charge < -0.3 is 25.7 Å². The molecule has 5 N–H and O–H groups in total. The summed E-state index contributed by atoms with van der Waals surface area (Å²) in [6.07, 6.45) is -4.64. The van der Waals surface area contributed by atoms with Crippen LogP contribution in [0.15, 0.2) is 0 Å². The van der Waals surface area contributed by atoms with Gasteiger partial charge in [-0.15, -0.1) is 0 Å². The van der Waals surface area contributed by atoms with E-state index in [1.807, 2.05) is 6.92 Å². The fourth-order valence-corrected chi connectivity index (χ4v) is 2.15. The molecular formula is C17H33NO6. The van der Waals surface area contributed by atoms with Crippen molar-refractivity contribution in [3.63, 3.8) is 0 Å². The lowest BCUT2D eigenvalue weighted by atomic mass is 9.90. The van der Waals surface area contributed by atoms with Crippen LogP contribution >= 0.6 is 0 Å². The van der Waals surface area contributed by atoms with Crippen LogP contribution in [-0.2, 0) is 9.59 Å². The van der Waals surface area contributed by atoms with E-state index in [0.29, 0.717) is 19.4 Å². The highest BCUT2D eigenvalue weighted by molar-refractivity contribution is 5.84. The van der Waals surface area contributed by atoms with Crippen molar-refractivity contribution in [2.45, 2.75) is 84.2 Å². The van der Waals surface area contributed by atoms with Gasteiger partial charge in [0.2, 0.25) is 0 Å². The molecule has 0 aliphatic carbocycles. The Morgan fingerprint density at radius 3 is 2.00 bits per heavy atom. The van der Waals surface area contributed by atoms with Crippen molar-refractivity contribution in [3.8, 4) is 0 Å². The molecule has 1 amide bonds. The molecule has 0 saturated heterocycles. The monoisotopic (exact) mass is 347 g/mol. The third-order valence-corrected chi connectivity index (χ3v) is 3.77. The van der Waals surface area contributed by atoms with E-state index in [4.69, 9.17) is 0 Å². The summed E-state index contributed by atoms with van der Waals surface area (Å²) < 4.78 is 0. The zero-order chi connectivity index (χ0) is 18.9. The zero-order valence-electron chi connectivity index (χ0n) is 15.2. The summed E-state index contributed by atoms with van der Waals surface area (Å²) in [6, 6.07) is 0. The minimum atomic E-state index is -1.94. The van der Waals surface area contributed by atoms with E-state index < -0.39 is 36.1 Å². The molecule has 0 aliphatic heterocycles. The fraction of sp³-hybridized carbons (Fsp3) is 0.882. The lowest BCUT2D eigenvalue weighted by molar-refractivity contribution is -0.154. The molecule has 0 aromatic heterocycles. The topological polar surface area (TPSA) is 127 Å². The molecule has 0 unspecified atom stereocenters. The minimum absolute atomic E-state index is 0.0660. The molecule has 24 heavy (non-hydrogen) atoms. The number of carbonyl (C=O) groups excluding carboxylic acids is 2. The maximum absolute atomic E-state index is 11.8. The quantitative estimate of drug-likeness (QED) is 0.338.